The average Bonchev–Trinajstić information content (AvgIpc) is 2.49. The minimum absolute atomic E-state index is 0.0584. The molecule has 0 aliphatic rings. The Morgan fingerprint density at radius 1 is 1.14 bits per heavy atom. The van der Waals surface area contributed by atoms with Gasteiger partial charge in [0.2, 0.25) is 0 Å². The SMILES string of the molecule is CCNC(=O)C[NH+](CC)CC(=O)N(CC)c1ccc(F)cc1. The number of likely N-dealkylation sites (N-methyl/N-ethyl adjacent to an activating group) is 3. The Morgan fingerprint density at radius 2 is 1.77 bits per heavy atom. The molecular weight excluding hydrogens is 285 g/mol. The van der Waals surface area contributed by atoms with Crippen LogP contribution in [0.15, 0.2) is 24.3 Å². The Hall–Kier alpha value is -1.95. The molecular formula is C16H25FN3O2+. The predicted octanol–water partition coefficient (Wildman–Crippen LogP) is 0.220. The van der Waals surface area contributed by atoms with Crippen LogP contribution in [0.5, 0.6) is 0 Å². The number of anilines is 1. The van der Waals surface area contributed by atoms with Crippen LogP contribution in [-0.4, -0.2) is 44.5 Å². The minimum atomic E-state index is -0.329. The molecule has 0 aliphatic heterocycles. The smallest absolute Gasteiger partial charge is 0.282 e. The number of quaternary nitrogens is 1. The molecule has 1 rings (SSSR count). The summed E-state index contributed by atoms with van der Waals surface area (Å²) in [5.74, 6) is -0.462. The summed E-state index contributed by atoms with van der Waals surface area (Å²) in [6, 6.07) is 5.85. The summed E-state index contributed by atoms with van der Waals surface area (Å²) in [6.45, 7) is 7.96. The van der Waals surface area contributed by atoms with Crippen molar-refractivity contribution in [2.45, 2.75) is 20.8 Å². The van der Waals surface area contributed by atoms with E-state index in [2.05, 4.69) is 5.32 Å². The first-order chi connectivity index (χ1) is 10.5. The van der Waals surface area contributed by atoms with Crippen LogP contribution >= 0.6 is 0 Å². The second-order valence-electron chi connectivity index (χ2n) is 5.03. The molecule has 0 spiro atoms. The van der Waals surface area contributed by atoms with E-state index in [9.17, 15) is 14.0 Å². The number of carbonyl (C=O) groups is 2. The lowest BCUT2D eigenvalue weighted by atomic mass is 10.2. The molecule has 1 atom stereocenters. The number of hydrogen-bond donors (Lipinski definition) is 2. The zero-order chi connectivity index (χ0) is 16.5. The fourth-order valence-electron chi connectivity index (χ4n) is 2.23. The van der Waals surface area contributed by atoms with Gasteiger partial charge in [0.15, 0.2) is 13.1 Å². The summed E-state index contributed by atoms with van der Waals surface area (Å²) in [4.78, 5) is 26.6. The van der Waals surface area contributed by atoms with E-state index >= 15 is 0 Å². The maximum absolute atomic E-state index is 13.0. The lowest BCUT2D eigenvalue weighted by Gasteiger charge is -2.24. The van der Waals surface area contributed by atoms with Crippen molar-refractivity contribution >= 4 is 17.5 Å². The predicted molar refractivity (Wildman–Crippen MR) is 84.3 cm³/mol. The Kier molecular flexibility index (Phi) is 7.52. The molecule has 1 aromatic rings. The van der Waals surface area contributed by atoms with Gasteiger partial charge in [-0.25, -0.2) is 4.39 Å². The summed E-state index contributed by atoms with van der Waals surface area (Å²) < 4.78 is 13.0. The minimum Gasteiger partial charge on any atom is -0.351 e. The van der Waals surface area contributed by atoms with Gasteiger partial charge >= 0.3 is 0 Å². The number of hydrogen-bond acceptors (Lipinski definition) is 2. The Labute approximate surface area is 131 Å². The van der Waals surface area contributed by atoms with E-state index in [0.29, 0.717) is 25.3 Å². The first-order valence-corrected chi connectivity index (χ1v) is 7.67. The number of halogens is 1. The molecule has 1 aromatic carbocycles. The summed E-state index contributed by atoms with van der Waals surface area (Å²) in [6.07, 6.45) is 0. The van der Waals surface area contributed by atoms with E-state index in [0.717, 1.165) is 4.90 Å². The van der Waals surface area contributed by atoms with Gasteiger partial charge in [-0.3, -0.25) is 9.59 Å². The van der Waals surface area contributed by atoms with Crippen LogP contribution < -0.4 is 15.1 Å². The molecule has 122 valence electrons. The number of rotatable bonds is 8. The Morgan fingerprint density at radius 3 is 2.27 bits per heavy atom. The molecule has 6 heteroatoms. The van der Waals surface area contributed by atoms with Gasteiger partial charge < -0.3 is 15.1 Å². The van der Waals surface area contributed by atoms with Crippen LogP contribution in [0.2, 0.25) is 0 Å². The maximum atomic E-state index is 13.0. The highest BCUT2D eigenvalue weighted by Gasteiger charge is 2.21. The number of nitrogens with one attached hydrogen (secondary N) is 2. The van der Waals surface area contributed by atoms with Gasteiger partial charge in [0.25, 0.3) is 11.8 Å². The van der Waals surface area contributed by atoms with Gasteiger partial charge in [-0.05, 0) is 45.0 Å². The summed E-state index contributed by atoms with van der Waals surface area (Å²) >= 11 is 0. The molecule has 0 aromatic heterocycles. The third-order valence-electron chi connectivity index (χ3n) is 3.44. The van der Waals surface area contributed by atoms with Crippen molar-refractivity contribution in [1.82, 2.24) is 5.32 Å². The molecule has 0 aliphatic carbocycles. The van der Waals surface area contributed by atoms with Crippen molar-refractivity contribution < 1.29 is 18.9 Å². The number of carbonyl (C=O) groups excluding carboxylic acids is 2. The van der Waals surface area contributed by atoms with Crippen molar-refractivity contribution in [2.24, 2.45) is 0 Å². The van der Waals surface area contributed by atoms with Crippen molar-refractivity contribution in [1.29, 1.82) is 0 Å². The molecule has 0 heterocycles. The normalized spacial score (nSPS) is 11.8. The van der Waals surface area contributed by atoms with Crippen LogP contribution in [-0.2, 0) is 9.59 Å². The van der Waals surface area contributed by atoms with Gasteiger partial charge in [0, 0.05) is 18.8 Å². The van der Waals surface area contributed by atoms with Gasteiger partial charge in [0.1, 0.15) is 5.82 Å². The van der Waals surface area contributed by atoms with Crippen molar-refractivity contribution in [3.63, 3.8) is 0 Å². The zero-order valence-electron chi connectivity index (χ0n) is 13.5. The highest BCUT2D eigenvalue weighted by Crippen LogP contribution is 2.14. The zero-order valence-corrected chi connectivity index (χ0v) is 13.5. The molecule has 22 heavy (non-hydrogen) atoms. The van der Waals surface area contributed by atoms with E-state index in [1.54, 1.807) is 17.0 Å². The molecule has 2 N–H and O–H groups in total. The van der Waals surface area contributed by atoms with Gasteiger partial charge in [0.05, 0.1) is 6.54 Å². The molecule has 0 saturated carbocycles. The molecule has 5 nitrogen and oxygen atoms in total. The monoisotopic (exact) mass is 310 g/mol. The topological polar surface area (TPSA) is 53.9 Å². The second kappa shape index (κ2) is 9.15. The van der Waals surface area contributed by atoms with E-state index in [-0.39, 0.29) is 30.7 Å². The van der Waals surface area contributed by atoms with Crippen LogP contribution in [0, 0.1) is 5.82 Å². The van der Waals surface area contributed by atoms with Crippen molar-refractivity contribution in [3.8, 4) is 0 Å². The van der Waals surface area contributed by atoms with Crippen LogP contribution in [0.1, 0.15) is 20.8 Å². The van der Waals surface area contributed by atoms with Gasteiger partial charge in [-0.2, -0.15) is 0 Å². The van der Waals surface area contributed by atoms with Gasteiger partial charge in [-0.1, -0.05) is 0 Å². The third kappa shape index (κ3) is 5.44. The van der Waals surface area contributed by atoms with Crippen LogP contribution in [0.3, 0.4) is 0 Å². The fourth-order valence-corrected chi connectivity index (χ4v) is 2.23. The average molecular weight is 310 g/mol. The van der Waals surface area contributed by atoms with E-state index in [1.165, 1.54) is 12.1 Å². The first kappa shape index (κ1) is 18.1. The molecule has 1 unspecified atom stereocenters. The van der Waals surface area contributed by atoms with Crippen molar-refractivity contribution in [2.75, 3.05) is 37.6 Å². The largest absolute Gasteiger partial charge is 0.351 e. The second-order valence-corrected chi connectivity index (χ2v) is 5.03. The summed E-state index contributed by atoms with van der Waals surface area (Å²) in [5.41, 5.74) is 0.669. The molecule has 0 bridgehead atoms. The highest BCUT2D eigenvalue weighted by atomic mass is 19.1. The van der Waals surface area contributed by atoms with Gasteiger partial charge in [-0.15, -0.1) is 0 Å². The lowest BCUT2D eigenvalue weighted by Crippen LogP contribution is -3.14. The Balaban J connectivity index is 2.70. The standard InChI is InChI=1S/C16H24FN3O2/c1-4-18-15(21)11-19(5-2)12-16(22)20(6-3)14-9-7-13(17)8-10-14/h7-10H,4-6,11-12H2,1-3H3,(H,18,21)/p+1. The quantitative estimate of drug-likeness (QED) is 0.722. The van der Waals surface area contributed by atoms with Crippen molar-refractivity contribution in [3.05, 3.63) is 30.1 Å². The number of nitrogens with zero attached hydrogens (tertiary/aromatic N) is 1. The summed E-state index contributed by atoms with van der Waals surface area (Å²) in [5, 5.41) is 2.74. The number of amides is 2. The van der Waals surface area contributed by atoms with E-state index in [1.807, 2.05) is 20.8 Å². The van der Waals surface area contributed by atoms with Crippen LogP contribution in [0.4, 0.5) is 10.1 Å². The Bertz CT molecular complexity index is 491. The van der Waals surface area contributed by atoms with E-state index < -0.39 is 0 Å². The maximum Gasteiger partial charge on any atom is 0.282 e. The molecule has 0 radical (unpaired) electrons. The fraction of sp³-hybridized carbons (Fsp3) is 0.500. The van der Waals surface area contributed by atoms with Crippen LogP contribution in [0.25, 0.3) is 0 Å². The molecule has 0 saturated heterocycles. The van der Waals surface area contributed by atoms with E-state index in [4.69, 9.17) is 0 Å². The highest BCUT2D eigenvalue weighted by molar-refractivity contribution is 5.94. The number of benzene rings is 1. The third-order valence-corrected chi connectivity index (χ3v) is 3.44. The lowest BCUT2D eigenvalue weighted by molar-refractivity contribution is -0.881. The molecule has 2 amide bonds. The molecule has 0 fully saturated rings. The first-order valence-electron chi connectivity index (χ1n) is 7.67. The summed E-state index contributed by atoms with van der Waals surface area (Å²) in [7, 11) is 0.